The van der Waals surface area contributed by atoms with Crippen LogP contribution >= 0.6 is 0 Å². The molecule has 104 valence electrons. The van der Waals surface area contributed by atoms with E-state index in [-0.39, 0.29) is 17.1 Å². The SMILES string of the molecule is NC1(C2=Nc3ncccc3C(=O)C2C(=O)O)CCNC1. The molecule has 2 aliphatic rings. The van der Waals surface area contributed by atoms with Gasteiger partial charge in [-0.15, -0.1) is 0 Å². The zero-order chi connectivity index (χ0) is 14.3. The lowest BCUT2D eigenvalue weighted by atomic mass is 9.79. The van der Waals surface area contributed by atoms with Crippen molar-refractivity contribution in [2.75, 3.05) is 13.1 Å². The van der Waals surface area contributed by atoms with Gasteiger partial charge in [-0.2, -0.15) is 0 Å². The molecule has 2 unspecified atom stereocenters. The number of aliphatic imine (C=N–C) groups is 1. The lowest BCUT2D eigenvalue weighted by Gasteiger charge is -2.31. The van der Waals surface area contributed by atoms with Crippen LogP contribution in [-0.2, 0) is 4.79 Å². The van der Waals surface area contributed by atoms with E-state index in [4.69, 9.17) is 5.73 Å². The smallest absolute Gasteiger partial charge is 0.320 e. The number of ketones is 1. The third-order valence-corrected chi connectivity index (χ3v) is 3.76. The van der Waals surface area contributed by atoms with E-state index in [9.17, 15) is 14.7 Å². The Morgan fingerprint density at radius 2 is 2.35 bits per heavy atom. The molecule has 0 bridgehead atoms. The van der Waals surface area contributed by atoms with Gasteiger partial charge >= 0.3 is 5.97 Å². The molecule has 1 aromatic rings. The number of nitrogens with one attached hydrogen (secondary N) is 1. The van der Waals surface area contributed by atoms with Gasteiger partial charge in [-0.3, -0.25) is 9.59 Å². The molecule has 2 aliphatic heterocycles. The highest BCUT2D eigenvalue weighted by molar-refractivity contribution is 6.29. The highest BCUT2D eigenvalue weighted by atomic mass is 16.4. The van der Waals surface area contributed by atoms with Crippen molar-refractivity contribution in [1.82, 2.24) is 10.3 Å². The van der Waals surface area contributed by atoms with Gasteiger partial charge in [-0.25, -0.2) is 9.98 Å². The first-order chi connectivity index (χ1) is 9.53. The van der Waals surface area contributed by atoms with Crippen LogP contribution in [0.25, 0.3) is 0 Å². The highest BCUT2D eigenvalue weighted by Crippen LogP contribution is 2.31. The van der Waals surface area contributed by atoms with Crippen molar-refractivity contribution in [1.29, 1.82) is 0 Å². The summed E-state index contributed by atoms with van der Waals surface area (Å²) in [5, 5.41) is 12.5. The summed E-state index contributed by atoms with van der Waals surface area (Å²) in [6.45, 7) is 1.08. The summed E-state index contributed by atoms with van der Waals surface area (Å²) >= 11 is 0. The minimum Gasteiger partial charge on any atom is -0.480 e. The van der Waals surface area contributed by atoms with Crippen LogP contribution in [0.2, 0.25) is 0 Å². The minimum absolute atomic E-state index is 0.200. The summed E-state index contributed by atoms with van der Waals surface area (Å²) in [4.78, 5) is 32.2. The van der Waals surface area contributed by atoms with Crippen molar-refractivity contribution in [3.05, 3.63) is 23.9 Å². The van der Waals surface area contributed by atoms with Crippen LogP contribution in [0.4, 0.5) is 5.82 Å². The number of aliphatic carboxylic acids is 1. The van der Waals surface area contributed by atoms with Crippen LogP contribution in [0.1, 0.15) is 16.8 Å². The molecule has 0 radical (unpaired) electrons. The zero-order valence-corrected chi connectivity index (χ0v) is 10.7. The van der Waals surface area contributed by atoms with E-state index in [2.05, 4.69) is 15.3 Å². The number of hydrogen-bond acceptors (Lipinski definition) is 6. The average Bonchev–Trinajstić information content (AvgIpc) is 2.86. The fourth-order valence-corrected chi connectivity index (χ4v) is 2.69. The van der Waals surface area contributed by atoms with Crippen LogP contribution in [-0.4, -0.2) is 46.2 Å². The van der Waals surface area contributed by atoms with Crippen LogP contribution in [0, 0.1) is 5.92 Å². The molecule has 20 heavy (non-hydrogen) atoms. The van der Waals surface area contributed by atoms with Gasteiger partial charge in [0.1, 0.15) is 0 Å². The van der Waals surface area contributed by atoms with Gasteiger partial charge < -0.3 is 16.2 Å². The number of rotatable bonds is 2. The molecule has 4 N–H and O–H groups in total. The molecule has 1 saturated heterocycles. The third kappa shape index (κ3) is 1.83. The Kier molecular flexibility index (Phi) is 2.88. The van der Waals surface area contributed by atoms with Crippen LogP contribution < -0.4 is 11.1 Å². The van der Waals surface area contributed by atoms with Crippen LogP contribution in [0.3, 0.4) is 0 Å². The number of nitrogens with two attached hydrogens (primary N) is 1. The molecule has 1 fully saturated rings. The monoisotopic (exact) mass is 274 g/mol. The summed E-state index contributed by atoms with van der Waals surface area (Å²) < 4.78 is 0. The van der Waals surface area contributed by atoms with Gasteiger partial charge in [0.25, 0.3) is 0 Å². The number of fused-ring (bicyclic) bond motifs is 1. The number of hydrogen-bond donors (Lipinski definition) is 3. The second kappa shape index (κ2) is 4.46. The molecule has 0 spiro atoms. The molecule has 7 heteroatoms. The second-order valence-corrected chi connectivity index (χ2v) is 5.09. The van der Waals surface area contributed by atoms with Crippen molar-refractivity contribution < 1.29 is 14.7 Å². The molecule has 1 aromatic heterocycles. The van der Waals surface area contributed by atoms with Gasteiger partial charge in [0.05, 0.1) is 16.8 Å². The van der Waals surface area contributed by atoms with E-state index >= 15 is 0 Å². The Morgan fingerprint density at radius 3 is 3.00 bits per heavy atom. The number of aromatic nitrogens is 1. The molecule has 2 atom stereocenters. The maximum Gasteiger partial charge on any atom is 0.320 e. The van der Waals surface area contributed by atoms with Gasteiger partial charge in [0.15, 0.2) is 17.5 Å². The summed E-state index contributed by atoms with van der Waals surface area (Å²) in [5.74, 6) is -2.79. The second-order valence-electron chi connectivity index (χ2n) is 5.09. The van der Waals surface area contributed by atoms with Gasteiger partial charge in [-0.05, 0) is 25.1 Å². The number of nitrogens with zero attached hydrogens (tertiary/aromatic N) is 2. The van der Waals surface area contributed by atoms with Gasteiger partial charge in [0, 0.05) is 12.7 Å². The number of carboxylic acid groups (broad SMARTS) is 1. The Hall–Kier alpha value is -2.12. The number of Topliss-reactive ketones (excluding diaryl/α,β-unsaturated/α-hetero) is 1. The molecule has 3 heterocycles. The van der Waals surface area contributed by atoms with Crippen molar-refractivity contribution in [3.8, 4) is 0 Å². The predicted molar refractivity (Wildman–Crippen MR) is 71.2 cm³/mol. The van der Waals surface area contributed by atoms with E-state index in [0.29, 0.717) is 19.5 Å². The highest BCUT2D eigenvalue weighted by Gasteiger charge is 2.47. The third-order valence-electron chi connectivity index (χ3n) is 3.76. The van der Waals surface area contributed by atoms with E-state index < -0.39 is 23.2 Å². The Bertz CT molecular complexity index is 620. The molecule has 0 aliphatic carbocycles. The fraction of sp³-hybridized carbons (Fsp3) is 0.385. The van der Waals surface area contributed by atoms with Crippen molar-refractivity contribution >= 4 is 23.3 Å². The zero-order valence-electron chi connectivity index (χ0n) is 10.7. The van der Waals surface area contributed by atoms with E-state index in [1.807, 2.05) is 0 Å². The van der Waals surface area contributed by atoms with E-state index in [1.54, 1.807) is 6.07 Å². The predicted octanol–water partition coefficient (Wildman–Crippen LogP) is -0.258. The Morgan fingerprint density at radius 1 is 1.55 bits per heavy atom. The average molecular weight is 274 g/mol. The molecule has 0 saturated carbocycles. The maximum absolute atomic E-state index is 12.4. The molecule has 3 rings (SSSR count). The maximum atomic E-state index is 12.4. The molecule has 0 aromatic carbocycles. The topological polar surface area (TPSA) is 118 Å². The first-order valence-electron chi connectivity index (χ1n) is 6.34. The quantitative estimate of drug-likeness (QED) is 0.640. The molecular formula is C13H14N4O3. The first kappa shape index (κ1) is 12.9. The largest absolute Gasteiger partial charge is 0.480 e. The number of carboxylic acids is 1. The summed E-state index contributed by atoms with van der Waals surface area (Å²) in [7, 11) is 0. The lowest BCUT2D eigenvalue weighted by molar-refractivity contribution is -0.138. The Labute approximate surface area is 114 Å². The summed E-state index contributed by atoms with van der Waals surface area (Å²) in [5.41, 5.74) is 5.77. The summed E-state index contributed by atoms with van der Waals surface area (Å²) in [6.07, 6.45) is 2.06. The number of carbonyl (C=O) groups is 2. The molecule has 0 amide bonds. The Balaban J connectivity index is 2.17. The van der Waals surface area contributed by atoms with Gasteiger partial charge in [-0.1, -0.05) is 0 Å². The fourth-order valence-electron chi connectivity index (χ4n) is 2.69. The van der Waals surface area contributed by atoms with Crippen molar-refractivity contribution in [3.63, 3.8) is 0 Å². The summed E-state index contributed by atoms with van der Waals surface area (Å²) in [6, 6.07) is 3.13. The first-order valence-corrected chi connectivity index (χ1v) is 6.34. The van der Waals surface area contributed by atoms with Gasteiger partial charge in [0.2, 0.25) is 0 Å². The number of pyridine rings is 1. The lowest BCUT2D eigenvalue weighted by Crippen LogP contribution is -2.56. The minimum atomic E-state index is -1.32. The van der Waals surface area contributed by atoms with Crippen molar-refractivity contribution in [2.45, 2.75) is 12.0 Å². The van der Waals surface area contributed by atoms with Crippen molar-refractivity contribution in [2.24, 2.45) is 16.6 Å². The van der Waals surface area contributed by atoms with Crippen LogP contribution in [0.15, 0.2) is 23.3 Å². The molecular weight excluding hydrogens is 260 g/mol. The number of carbonyl (C=O) groups excluding carboxylic acids is 1. The standard InChI is InChI=1S/C13H14N4O3/c14-13(3-5-15-6-13)10-8(12(19)20)9(18)7-2-1-4-16-11(7)17-10/h1-2,4,8,15H,3,5-6,14H2,(H,19,20). The molecule has 7 nitrogen and oxygen atoms in total. The van der Waals surface area contributed by atoms with Crippen LogP contribution in [0.5, 0.6) is 0 Å². The van der Waals surface area contributed by atoms with E-state index in [1.165, 1.54) is 12.3 Å². The van der Waals surface area contributed by atoms with E-state index in [0.717, 1.165) is 0 Å². The normalized spacial score (nSPS) is 28.9.